The molecule has 1 heterocycles. The van der Waals surface area contributed by atoms with E-state index in [9.17, 15) is 18.0 Å². The molecule has 1 N–H and O–H groups in total. The van der Waals surface area contributed by atoms with Crippen LogP contribution in [0.15, 0.2) is 18.3 Å². The van der Waals surface area contributed by atoms with Crippen molar-refractivity contribution >= 4 is 23.6 Å². The van der Waals surface area contributed by atoms with E-state index in [1.807, 2.05) is 0 Å². The Morgan fingerprint density at radius 1 is 1.53 bits per heavy atom. The highest BCUT2D eigenvalue weighted by Crippen LogP contribution is 2.30. The topological polar surface area (TPSA) is 50.2 Å². The summed E-state index contributed by atoms with van der Waals surface area (Å²) >= 11 is 5.58. The molecule has 17 heavy (non-hydrogen) atoms. The van der Waals surface area contributed by atoms with Crippen LogP contribution in [0.25, 0.3) is 6.08 Å². The summed E-state index contributed by atoms with van der Waals surface area (Å²) in [5, 5.41) is 8.25. The maximum absolute atomic E-state index is 12.3. The maximum Gasteiger partial charge on any atom is 0.417 e. The molecule has 0 aliphatic rings. The fourth-order valence-corrected chi connectivity index (χ4v) is 1.19. The van der Waals surface area contributed by atoms with Gasteiger partial charge in [-0.15, -0.1) is 0 Å². The summed E-state index contributed by atoms with van der Waals surface area (Å²) < 4.78 is 37.0. The van der Waals surface area contributed by atoms with Crippen LogP contribution in [0.3, 0.4) is 0 Å². The first-order valence-electron chi connectivity index (χ1n) is 4.42. The Morgan fingerprint density at radius 2 is 2.18 bits per heavy atom. The molecule has 0 fully saturated rings. The molecule has 0 aliphatic heterocycles. The summed E-state index contributed by atoms with van der Waals surface area (Å²) in [4.78, 5) is 13.6. The SMILES string of the molecule is O=C(O)CC=Cc1cc(C(F)(F)F)cnc1Cl. The molecule has 0 atom stereocenters. The largest absolute Gasteiger partial charge is 0.481 e. The van der Waals surface area contributed by atoms with Gasteiger partial charge in [0.25, 0.3) is 0 Å². The Bertz CT molecular complexity index is 457. The van der Waals surface area contributed by atoms with E-state index < -0.39 is 17.7 Å². The average Bonchev–Trinajstić information content (AvgIpc) is 2.18. The van der Waals surface area contributed by atoms with E-state index in [2.05, 4.69) is 4.98 Å². The number of halogens is 4. The van der Waals surface area contributed by atoms with Gasteiger partial charge in [-0.05, 0) is 6.07 Å². The van der Waals surface area contributed by atoms with Crippen LogP contribution in [0.2, 0.25) is 5.15 Å². The van der Waals surface area contributed by atoms with Gasteiger partial charge in [-0.2, -0.15) is 13.2 Å². The number of aliphatic carboxylic acids is 1. The zero-order chi connectivity index (χ0) is 13.1. The molecule has 0 amide bonds. The molecule has 0 radical (unpaired) electrons. The fourth-order valence-electron chi connectivity index (χ4n) is 1.02. The lowest BCUT2D eigenvalue weighted by Gasteiger charge is -2.07. The molecule has 1 aromatic heterocycles. The first kappa shape index (κ1) is 13.5. The molecule has 0 unspecified atom stereocenters. The maximum atomic E-state index is 12.3. The zero-order valence-electron chi connectivity index (χ0n) is 8.33. The lowest BCUT2D eigenvalue weighted by Crippen LogP contribution is -2.05. The van der Waals surface area contributed by atoms with Gasteiger partial charge >= 0.3 is 12.1 Å². The van der Waals surface area contributed by atoms with Crippen molar-refractivity contribution in [2.75, 3.05) is 0 Å². The molecule has 0 saturated heterocycles. The van der Waals surface area contributed by atoms with Gasteiger partial charge < -0.3 is 5.11 Å². The molecule has 0 saturated carbocycles. The third kappa shape index (κ3) is 4.07. The van der Waals surface area contributed by atoms with E-state index in [-0.39, 0.29) is 17.1 Å². The predicted molar refractivity (Wildman–Crippen MR) is 55.5 cm³/mol. The van der Waals surface area contributed by atoms with Gasteiger partial charge in [0.05, 0.1) is 12.0 Å². The summed E-state index contributed by atoms with van der Waals surface area (Å²) in [6, 6.07) is 0.813. The number of hydrogen-bond acceptors (Lipinski definition) is 2. The second kappa shape index (κ2) is 5.18. The van der Waals surface area contributed by atoms with Crippen LogP contribution >= 0.6 is 11.6 Å². The summed E-state index contributed by atoms with van der Waals surface area (Å²) in [6.45, 7) is 0. The first-order chi connectivity index (χ1) is 7.80. The average molecular weight is 266 g/mol. The Balaban J connectivity index is 2.99. The van der Waals surface area contributed by atoms with Crippen LogP contribution in [-0.2, 0) is 11.0 Å². The summed E-state index contributed by atoms with van der Waals surface area (Å²) in [7, 11) is 0. The predicted octanol–water partition coefficient (Wildman–Crippen LogP) is 3.24. The number of pyridine rings is 1. The Morgan fingerprint density at radius 3 is 2.71 bits per heavy atom. The summed E-state index contributed by atoms with van der Waals surface area (Å²) in [5.74, 6) is -1.09. The number of nitrogens with zero attached hydrogens (tertiary/aromatic N) is 1. The van der Waals surface area contributed by atoms with Gasteiger partial charge in [0.2, 0.25) is 0 Å². The zero-order valence-corrected chi connectivity index (χ0v) is 9.09. The normalized spacial score (nSPS) is 12.0. The van der Waals surface area contributed by atoms with E-state index in [1.165, 1.54) is 12.2 Å². The van der Waals surface area contributed by atoms with Crippen molar-refractivity contribution in [3.8, 4) is 0 Å². The van der Waals surface area contributed by atoms with Gasteiger partial charge in [-0.1, -0.05) is 23.8 Å². The van der Waals surface area contributed by atoms with Crippen LogP contribution in [0, 0.1) is 0 Å². The van der Waals surface area contributed by atoms with Crippen LogP contribution < -0.4 is 0 Å². The summed E-state index contributed by atoms with van der Waals surface area (Å²) in [5.41, 5.74) is -0.903. The number of carboxylic acid groups (broad SMARTS) is 1. The molecular formula is C10H7ClF3NO2. The van der Waals surface area contributed by atoms with E-state index in [0.29, 0.717) is 6.20 Å². The molecule has 0 spiro atoms. The van der Waals surface area contributed by atoms with Crippen molar-refractivity contribution in [2.45, 2.75) is 12.6 Å². The minimum atomic E-state index is -4.51. The lowest BCUT2D eigenvalue weighted by molar-refractivity contribution is -0.138. The van der Waals surface area contributed by atoms with Crippen molar-refractivity contribution in [3.63, 3.8) is 0 Å². The monoisotopic (exact) mass is 265 g/mol. The molecule has 92 valence electrons. The Kier molecular flexibility index (Phi) is 4.11. The van der Waals surface area contributed by atoms with Crippen LogP contribution in [0.4, 0.5) is 13.2 Å². The molecule has 7 heteroatoms. The summed E-state index contributed by atoms with van der Waals surface area (Å²) in [6.07, 6.45) is -1.79. The van der Waals surface area contributed by atoms with Crippen LogP contribution in [0.1, 0.15) is 17.5 Å². The van der Waals surface area contributed by atoms with E-state index in [1.54, 1.807) is 0 Å². The van der Waals surface area contributed by atoms with E-state index >= 15 is 0 Å². The first-order valence-corrected chi connectivity index (χ1v) is 4.79. The van der Waals surface area contributed by atoms with Gasteiger partial charge in [0, 0.05) is 11.8 Å². The third-order valence-electron chi connectivity index (χ3n) is 1.78. The highest BCUT2D eigenvalue weighted by molar-refractivity contribution is 6.30. The third-order valence-corrected chi connectivity index (χ3v) is 2.10. The van der Waals surface area contributed by atoms with Crippen molar-refractivity contribution < 1.29 is 23.1 Å². The van der Waals surface area contributed by atoms with Crippen LogP contribution in [0.5, 0.6) is 0 Å². The van der Waals surface area contributed by atoms with Crippen molar-refractivity contribution in [1.82, 2.24) is 4.98 Å². The Labute approximate surface area is 99.5 Å². The lowest BCUT2D eigenvalue weighted by atomic mass is 10.2. The molecule has 1 rings (SSSR count). The minimum Gasteiger partial charge on any atom is -0.481 e. The van der Waals surface area contributed by atoms with E-state index in [0.717, 1.165) is 6.07 Å². The minimum absolute atomic E-state index is 0.0303. The van der Waals surface area contributed by atoms with Gasteiger partial charge in [-0.3, -0.25) is 4.79 Å². The second-order valence-electron chi connectivity index (χ2n) is 3.10. The van der Waals surface area contributed by atoms with E-state index in [4.69, 9.17) is 16.7 Å². The number of hydrogen-bond donors (Lipinski definition) is 1. The second-order valence-corrected chi connectivity index (χ2v) is 3.46. The van der Waals surface area contributed by atoms with Gasteiger partial charge in [-0.25, -0.2) is 4.98 Å². The number of carboxylic acids is 1. The van der Waals surface area contributed by atoms with Crippen molar-refractivity contribution in [1.29, 1.82) is 0 Å². The molecule has 0 aliphatic carbocycles. The smallest absolute Gasteiger partial charge is 0.417 e. The van der Waals surface area contributed by atoms with Crippen molar-refractivity contribution in [3.05, 3.63) is 34.6 Å². The van der Waals surface area contributed by atoms with Crippen LogP contribution in [-0.4, -0.2) is 16.1 Å². The van der Waals surface area contributed by atoms with Gasteiger partial charge in [0.15, 0.2) is 0 Å². The fraction of sp³-hybridized carbons (Fsp3) is 0.200. The molecule has 1 aromatic rings. The standard InChI is InChI=1S/C10H7ClF3NO2/c11-9-6(2-1-3-8(16)17)4-7(5-15-9)10(12,13)14/h1-2,4-5H,3H2,(H,16,17). The highest BCUT2D eigenvalue weighted by Gasteiger charge is 2.31. The number of alkyl halides is 3. The van der Waals surface area contributed by atoms with Gasteiger partial charge in [0.1, 0.15) is 5.15 Å². The van der Waals surface area contributed by atoms with Crippen molar-refractivity contribution in [2.24, 2.45) is 0 Å². The molecular weight excluding hydrogens is 259 g/mol. The quantitative estimate of drug-likeness (QED) is 0.854. The molecule has 3 nitrogen and oxygen atoms in total. The Hall–Kier alpha value is -1.56. The molecule has 0 bridgehead atoms. The highest BCUT2D eigenvalue weighted by atomic mass is 35.5. The number of carbonyl (C=O) groups is 1. The number of aromatic nitrogens is 1. The molecule has 0 aromatic carbocycles. The number of rotatable bonds is 3.